The highest BCUT2D eigenvalue weighted by Gasteiger charge is 2.20. The summed E-state index contributed by atoms with van der Waals surface area (Å²) in [6, 6.07) is 14.8. The summed E-state index contributed by atoms with van der Waals surface area (Å²) in [4.78, 5) is 21.8. The SMILES string of the molecule is [C-]#[N+]c1ccc(-c2nc(OCC3CCCNCC3)n(C)c(=O)c2-c2ccc(OC)cc2)cc1. The summed E-state index contributed by atoms with van der Waals surface area (Å²) in [5.41, 5.74) is 2.88. The average molecular weight is 445 g/mol. The average Bonchev–Trinajstić information content (AvgIpc) is 3.14. The summed E-state index contributed by atoms with van der Waals surface area (Å²) in [6.07, 6.45) is 3.26. The number of nitrogens with one attached hydrogen (secondary N) is 1. The molecular formula is C26H28N4O3. The predicted octanol–water partition coefficient (Wildman–Crippen LogP) is 4.44. The molecule has 2 heterocycles. The predicted molar refractivity (Wildman–Crippen MR) is 129 cm³/mol. The van der Waals surface area contributed by atoms with E-state index in [0.29, 0.717) is 41.2 Å². The molecular weight excluding hydrogens is 416 g/mol. The molecule has 1 fully saturated rings. The number of hydrogen-bond donors (Lipinski definition) is 1. The van der Waals surface area contributed by atoms with E-state index in [1.165, 1.54) is 4.57 Å². The van der Waals surface area contributed by atoms with Crippen LogP contribution < -0.4 is 20.3 Å². The van der Waals surface area contributed by atoms with Crippen LogP contribution >= 0.6 is 0 Å². The number of hydrogen-bond acceptors (Lipinski definition) is 5. The van der Waals surface area contributed by atoms with Crippen LogP contribution in [0.2, 0.25) is 0 Å². The van der Waals surface area contributed by atoms with Gasteiger partial charge in [-0.3, -0.25) is 9.36 Å². The standard InChI is InChI=1S/C26H28N4O3/c1-27-21-10-6-20(7-11-21)24-23(19-8-12-22(32-3)13-9-19)25(31)30(2)26(29-24)33-17-18-5-4-15-28-16-14-18/h6-13,18,28H,4-5,14-17H2,2-3H3. The summed E-state index contributed by atoms with van der Waals surface area (Å²) in [5.74, 6) is 1.14. The van der Waals surface area contributed by atoms with E-state index in [0.717, 1.165) is 43.5 Å². The number of ether oxygens (including phenoxy) is 2. The number of nitrogens with zero attached hydrogens (tertiary/aromatic N) is 3. The van der Waals surface area contributed by atoms with E-state index in [1.54, 1.807) is 26.3 Å². The highest BCUT2D eigenvalue weighted by atomic mass is 16.5. The van der Waals surface area contributed by atoms with Crippen molar-refractivity contribution >= 4 is 5.69 Å². The molecule has 33 heavy (non-hydrogen) atoms. The van der Waals surface area contributed by atoms with Gasteiger partial charge in [0.2, 0.25) is 0 Å². The maximum absolute atomic E-state index is 13.5. The lowest BCUT2D eigenvalue weighted by atomic mass is 10.00. The lowest BCUT2D eigenvalue weighted by Crippen LogP contribution is -2.25. The minimum Gasteiger partial charge on any atom is -0.497 e. The first-order chi connectivity index (χ1) is 16.1. The summed E-state index contributed by atoms with van der Waals surface area (Å²) in [7, 11) is 3.30. The maximum atomic E-state index is 13.5. The third-order valence-corrected chi connectivity index (χ3v) is 6.04. The lowest BCUT2D eigenvalue weighted by molar-refractivity contribution is 0.211. The normalized spacial score (nSPS) is 16.0. The van der Waals surface area contributed by atoms with Crippen LogP contribution in [0.4, 0.5) is 5.69 Å². The minimum atomic E-state index is -0.183. The Morgan fingerprint density at radius 2 is 1.82 bits per heavy atom. The molecule has 0 bridgehead atoms. The van der Waals surface area contributed by atoms with Crippen molar-refractivity contribution in [2.45, 2.75) is 19.3 Å². The van der Waals surface area contributed by atoms with Crippen molar-refractivity contribution in [2.75, 3.05) is 26.8 Å². The molecule has 1 N–H and O–H groups in total. The van der Waals surface area contributed by atoms with Crippen molar-refractivity contribution in [2.24, 2.45) is 13.0 Å². The fraction of sp³-hybridized carbons (Fsp3) is 0.346. The fourth-order valence-electron chi connectivity index (χ4n) is 4.08. The molecule has 7 nitrogen and oxygen atoms in total. The van der Waals surface area contributed by atoms with Crippen molar-refractivity contribution in [3.05, 3.63) is 70.3 Å². The van der Waals surface area contributed by atoms with Crippen molar-refractivity contribution in [1.29, 1.82) is 0 Å². The van der Waals surface area contributed by atoms with E-state index in [4.69, 9.17) is 21.0 Å². The number of methoxy groups -OCH3 is 1. The van der Waals surface area contributed by atoms with Crippen LogP contribution in [0, 0.1) is 12.5 Å². The summed E-state index contributed by atoms with van der Waals surface area (Å²) < 4.78 is 12.8. The summed E-state index contributed by atoms with van der Waals surface area (Å²) >= 11 is 0. The van der Waals surface area contributed by atoms with Gasteiger partial charge in [0.05, 0.1) is 31.5 Å². The van der Waals surface area contributed by atoms with Gasteiger partial charge in [0.15, 0.2) is 5.69 Å². The smallest absolute Gasteiger partial charge is 0.299 e. The highest BCUT2D eigenvalue weighted by Crippen LogP contribution is 2.31. The highest BCUT2D eigenvalue weighted by molar-refractivity contribution is 5.81. The molecule has 4 rings (SSSR count). The Morgan fingerprint density at radius 1 is 1.09 bits per heavy atom. The topological polar surface area (TPSA) is 69.7 Å². The van der Waals surface area contributed by atoms with Gasteiger partial charge in [-0.05, 0) is 61.5 Å². The Bertz CT molecular complexity index is 1190. The van der Waals surface area contributed by atoms with Crippen LogP contribution in [0.3, 0.4) is 0 Å². The summed E-state index contributed by atoms with van der Waals surface area (Å²) in [6.45, 7) is 9.76. The first kappa shape index (κ1) is 22.6. The Kier molecular flexibility index (Phi) is 7.06. The van der Waals surface area contributed by atoms with Gasteiger partial charge in [-0.25, -0.2) is 4.85 Å². The number of aromatic nitrogens is 2. The van der Waals surface area contributed by atoms with E-state index in [1.807, 2.05) is 36.4 Å². The largest absolute Gasteiger partial charge is 0.497 e. The van der Waals surface area contributed by atoms with Gasteiger partial charge in [-0.15, -0.1) is 0 Å². The van der Waals surface area contributed by atoms with E-state index in [2.05, 4.69) is 10.2 Å². The van der Waals surface area contributed by atoms with E-state index in [-0.39, 0.29) is 5.56 Å². The van der Waals surface area contributed by atoms with Gasteiger partial charge in [-0.2, -0.15) is 4.98 Å². The van der Waals surface area contributed by atoms with E-state index < -0.39 is 0 Å². The molecule has 0 saturated carbocycles. The first-order valence-corrected chi connectivity index (χ1v) is 11.2. The zero-order chi connectivity index (χ0) is 23.2. The molecule has 0 spiro atoms. The molecule has 1 aliphatic heterocycles. The molecule has 3 aromatic rings. The van der Waals surface area contributed by atoms with Gasteiger partial charge in [0.25, 0.3) is 11.6 Å². The number of rotatable bonds is 6. The van der Waals surface area contributed by atoms with Gasteiger partial charge in [0.1, 0.15) is 5.75 Å². The van der Waals surface area contributed by atoms with Crippen LogP contribution in [-0.2, 0) is 7.05 Å². The molecule has 170 valence electrons. The Balaban J connectivity index is 1.76. The Morgan fingerprint density at radius 3 is 2.52 bits per heavy atom. The maximum Gasteiger partial charge on any atom is 0.299 e. The third kappa shape index (κ3) is 5.07. The molecule has 1 saturated heterocycles. The van der Waals surface area contributed by atoms with Crippen molar-refractivity contribution < 1.29 is 9.47 Å². The minimum absolute atomic E-state index is 0.183. The molecule has 1 aromatic heterocycles. The third-order valence-electron chi connectivity index (χ3n) is 6.04. The van der Waals surface area contributed by atoms with Crippen molar-refractivity contribution in [3.63, 3.8) is 0 Å². The molecule has 0 amide bonds. The molecule has 7 heteroatoms. The Hall–Kier alpha value is -3.63. The second kappa shape index (κ2) is 10.3. The van der Waals surface area contributed by atoms with Gasteiger partial charge >= 0.3 is 0 Å². The van der Waals surface area contributed by atoms with E-state index in [9.17, 15) is 4.79 Å². The van der Waals surface area contributed by atoms with Crippen LogP contribution in [0.25, 0.3) is 27.2 Å². The Labute approximate surface area is 193 Å². The molecule has 0 aliphatic carbocycles. The van der Waals surface area contributed by atoms with Gasteiger partial charge in [-0.1, -0.05) is 36.4 Å². The zero-order valence-electron chi connectivity index (χ0n) is 19.0. The second-order valence-corrected chi connectivity index (χ2v) is 8.23. The molecule has 1 aliphatic rings. The summed E-state index contributed by atoms with van der Waals surface area (Å²) in [5, 5.41) is 3.41. The molecule has 2 aromatic carbocycles. The monoisotopic (exact) mass is 444 g/mol. The molecule has 1 unspecified atom stereocenters. The first-order valence-electron chi connectivity index (χ1n) is 11.2. The van der Waals surface area contributed by atoms with E-state index >= 15 is 0 Å². The molecule has 0 radical (unpaired) electrons. The lowest BCUT2D eigenvalue weighted by Gasteiger charge is -2.18. The van der Waals surface area contributed by atoms with Crippen molar-refractivity contribution in [1.82, 2.24) is 14.9 Å². The second-order valence-electron chi connectivity index (χ2n) is 8.23. The fourth-order valence-corrected chi connectivity index (χ4v) is 4.08. The quantitative estimate of drug-likeness (QED) is 0.569. The molecule has 1 atom stereocenters. The van der Waals surface area contributed by atoms with Crippen LogP contribution in [-0.4, -0.2) is 36.4 Å². The van der Waals surface area contributed by atoms with Gasteiger partial charge in [0, 0.05) is 7.05 Å². The van der Waals surface area contributed by atoms with Crippen molar-refractivity contribution in [3.8, 4) is 34.1 Å². The van der Waals surface area contributed by atoms with Crippen LogP contribution in [0.5, 0.6) is 11.8 Å². The number of benzene rings is 2. The van der Waals surface area contributed by atoms with Gasteiger partial charge < -0.3 is 14.8 Å². The van der Waals surface area contributed by atoms with Crippen LogP contribution in [0.1, 0.15) is 19.3 Å². The van der Waals surface area contributed by atoms with Crippen LogP contribution in [0.15, 0.2) is 53.3 Å². The zero-order valence-corrected chi connectivity index (χ0v) is 19.0.